The molecule has 0 unspecified atom stereocenters. The number of hydrogen-bond acceptors (Lipinski definition) is 5. The minimum atomic E-state index is -1.38. The number of hydrogen-bond donors (Lipinski definition) is 0. The van der Waals surface area contributed by atoms with Crippen LogP contribution in [-0.4, -0.2) is 56.7 Å². The lowest BCUT2D eigenvalue weighted by molar-refractivity contribution is 0.00690. The quantitative estimate of drug-likeness (QED) is 0.587. The Kier molecular flexibility index (Phi) is 4.88. The standard InChI is InChI=1S/C17H20ClFN4O3/c1-17(2,3)26-16(25)22-5-4-13(12(19)8-22)23-11(9-24)6-10-7-20-15(18)21-14(10)23/h6-7,9,12-13H,4-5,8H2,1-3H3/t12-,13+/m0/s1. The van der Waals surface area contributed by atoms with Crippen LogP contribution in [0.5, 0.6) is 0 Å². The SMILES string of the molecule is CC(C)(C)OC(=O)N1CC[C@@H](n2c(C=O)cc3cnc(Cl)nc32)[C@@H](F)C1. The Bertz CT molecular complexity index is 848. The van der Waals surface area contributed by atoms with E-state index in [1.807, 2.05) is 0 Å². The van der Waals surface area contributed by atoms with E-state index < -0.39 is 23.9 Å². The topological polar surface area (TPSA) is 77.3 Å². The van der Waals surface area contributed by atoms with Gasteiger partial charge in [0.25, 0.3) is 0 Å². The fourth-order valence-electron chi connectivity index (χ4n) is 3.12. The third kappa shape index (κ3) is 3.65. The summed E-state index contributed by atoms with van der Waals surface area (Å²) in [6, 6.07) is 0.975. The highest BCUT2D eigenvalue weighted by molar-refractivity contribution is 6.28. The van der Waals surface area contributed by atoms with Crippen molar-refractivity contribution in [1.82, 2.24) is 19.4 Å². The van der Waals surface area contributed by atoms with Crippen LogP contribution in [0.2, 0.25) is 5.28 Å². The summed E-state index contributed by atoms with van der Waals surface area (Å²) >= 11 is 5.86. The second-order valence-corrected chi connectivity index (χ2v) is 7.61. The zero-order valence-electron chi connectivity index (χ0n) is 14.8. The van der Waals surface area contributed by atoms with Crippen molar-refractivity contribution in [3.05, 3.63) is 23.2 Å². The second kappa shape index (κ2) is 6.83. The number of likely N-dealkylation sites (tertiary alicyclic amines) is 1. The molecule has 9 heteroatoms. The van der Waals surface area contributed by atoms with Crippen LogP contribution >= 0.6 is 11.6 Å². The number of amides is 1. The van der Waals surface area contributed by atoms with Gasteiger partial charge in [-0.05, 0) is 44.9 Å². The van der Waals surface area contributed by atoms with Gasteiger partial charge < -0.3 is 14.2 Å². The Morgan fingerprint density at radius 3 is 2.81 bits per heavy atom. The second-order valence-electron chi connectivity index (χ2n) is 7.27. The van der Waals surface area contributed by atoms with Crippen molar-refractivity contribution < 1.29 is 18.7 Å². The Morgan fingerprint density at radius 2 is 2.19 bits per heavy atom. The van der Waals surface area contributed by atoms with Crippen molar-refractivity contribution in [2.24, 2.45) is 0 Å². The number of halogens is 2. The Balaban J connectivity index is 1.86. The molecule has 0 N–H and O–H groups in total. The van der Waals surface area contributed by atoms with Gasteiger partial charge in [-0.2, -0.15) is 4.98 Å². The molecule has 140 valence electrons. The smallest absolute Gasteiger partial charge is 0.410 e. The molecule has 0 aliphatic carbocycles. The van der Waals surface area contributed by atoms with E-state index in [-0.39, 0.29) is 11.8 Å². The van der Waals surface area contributed by atoms with Gasteiger partial charge in [0.15, 0.2) is 6.29 Å². The first-order valence-electron chi connectivity index (χ1n) is 8.30. The third-order valence-electron chi connectivity index (χ3n) is 4.19. The number of carbonyl (C=O) groups is 2. The van der Waals surface area contributed by atoms with Crippen molar-refractivity contribution in [2.45, 2.75) is 45.0 Å². The summed E-state index contributed by atoms with van der Waals surface area (Å²) < 4.78 is 21.8. The van der Waals surface area contributed by atoms with Crippen LogP contribution in [0.4, 0.5) is 9.18 Å². The van der Waals surface area contributed by atoms with E-state index in [4.69, 9.17) is 16.3 Å². The van der Waals surface area contributed by atoms with Gasteiger partial charge in [0, 0.05) is 18.1 Å². The van der Waals surface area contributed by atoms with Gasteiger partial charge in [-0.3, -0.25) is 4.79 Å². The maximum atomic E-state index is 14.9. The molecule has 1 aliphatic heterocycles. The third-order valence-corrected chi connectivity index (χ3v) is 4.37. The Labute approximate surface area is 155 Å². The fraction of sp³-hybridized carbons (Fsp3) is 0.529. The molecule has 1 saturated heterocycles. The van der Waals surface area contributed by atoms with Gasteiger partial charge in [-0.25, -0.2) is 14.2 Å². The molecule has 7 nitrogen and oxygen atoms in total. The van der Waals surface area contributed by atoms with Crippen LogP contribution in [0.3, 0.4) is 0 Å². The molecule has 3 heterocycles. The predicted molar refractivity (Wildman–Crippen MR) is 94.3 cm³/mol. The fourth-order valence-corrected chi connectivity index (χ4v) is 3.25. The number of aldehydes is 1. The van der Waals surface area contributed by atoms with E-state index >= 15 is 0 Å². The van der Waals surface area contributed by atoms with Crippen molar-refractivity contribution in [3.8, 4) is 0 Å². The highest BCUT2D eigenvalue weighted by atomic mass is 35.5. The first kappa shape index (κ1) is 18.6. The largest absolute Gasteiger partial charge is 0.444 e. The van der Waals surface area contributed by atoms with E-state index in [0.717, 1.165) is 0 Å². The molecule has 0 aromatic carbocycles. The molecule has 2 atom stereocenters. The van der Waals surface area contributed by atoms with Gasteiger partial charge in [0.1, 0.15) is 17.4 Å². The Morgan fingerprint density at radius 1 is 1.46 bits per heavy atom. The van der Waals surface area contributed by atoms with Crippen molar-refractivity contribution in [3.63, 3.8) is 0 Å². The first-order chi connectivity index (χ1) is 12.2. The summed E-state index contributed by atoms with van der Waals surface area (Å²) in [5.41, 5.74) is 0.0646. The lowest BCUT2D eigenvalue weighted by Gasteiger charge is -2.36. The van der Waals surface area contributed by atoms with Crippen LogP contribution in [0, 0.1) is 0 Å². The van der Waals surface area contributed by atoms with Crippen molar-refractivity contribution in [2.75, 3.05) is 13.1 Å². The zero-order valence-corrected chi connectivity index (χ0v) is 15.5. The van der Waals surface area contributed by atoms with E-state index in [1.54, 1.807) is 31.4 Å². The number of piperidine rings is 1. The predicted octanol–water partition coefficient (Wildman–Crippen LogP) is 3.42. The van der Waals surface area contributed by atoms with E-state index in [0.29, 0.717) is 36.0 Å². The summed E-state index contributed by atoms with van der Waals surface area (Å²) in [6.07, 6.45) is 0.558. The lowest BCUT2D eigenvalue weighted by atomic mass is 10.0. The lowest BCUT2D eigenvalue weighted by Crippen LogP contribution is -2.47. The maximum Gasteiger partial charge on any atom is 0.410 e. The first-order valence-corrected chi connectivity index (χ1v) is 8.68. The summed E-state index contributed by atoms with van der Waals surface area (Å²) in [7, 11) is 0. The van der Waals surface area contributed by atoms with Crippen LogP contribution in [0.15, 0.2) is 12.3 Å². The minimum Gasteiger partial charge on any atom is -0.444 e. The molecule has 0 saturated carbocycles. The highest BCUT2D eigenvalue weighted by Crippen LogP contribution is 2.31. The molecule has 0 spiro atoms. The highest BCUT2D eigenvalue weighted by Gasteiger charge is 2.36. The number of aromatic nitrogens is 3. The molecule has 3 rings (SSSR count). The van der Waals surface area contributed by atoms with Crippen molar-refractivity contribution >= 4 is 35.0 Å². The molecule has 26 heavy (non-hydrogen) atoms. The summed E-state index contributed by atoms with van der Waals surface area (Å²) in [4.78, 5) is 33.0. The Hall–Kier alpha value is -2.22. The normalized spacial score (nSPS) is 21.0. The van der Waals surface area contributed by atoms with Gasteiger partial charge in [0.05, 0.1) is 18.3 Å². The van der Waals surface area contributed by atoms with E-state index in [9.17, 15) is 14.0 Å². The summed E-state index contributed by atoms with van der Waals surface area (Å²) in [6.45, 7) is 5.48. The molecule has 0 bridgehead atoms. The molecular formula is C17H20ClFN4O3. The molecule has 1 fully saturated rings. The molecule has 1 amide bonds. The monoisotopic (exact) mass is 382 g/mol. The van der Waals surface area contributed by atoms with E-state index in [1.165, 1.54) is 11.1 Å². The number of alkyl halides is 1. The number of ether oxygens (including phenoxy) is 1. The number of rotatable bonds is 2. The van der Waals surface area contributed by atoms with E-state index in [2.05, 4.69) is 9.97 Å². The molecule has 2 aromatic rings. The average molecular weight is 383 g/mol. The minimum absolute atomic E-state index is 0.0240. The van der Waals surface area contributed by atoms with Crippen LogP contribution in [0.1, 0.15) is 43.7 Å². The maximum absolute atomic E-state index is 14.9. The van der Waals surface area contributed by atoms with Crippen LogP contribution < -0.4 is 0 Å². The molecule has 2 aromatic heterocycles. The van der Waals surface area contributed by atoms with Crippen LogP contribution in [0.25, 0.3) is 11.0 Å². The molecule has 0 radical (unpaired) electrons. The molecule has 1 aliphatic rings. The number of nitrogens with zero attached hydrogens (tertiary/aromatic N) is 4. The van der Waals surface area contributed by atoms with Gasteiger partial charge in [-0.15, -0.1) is 0 Å². The van der Waals surface area contributed by atoms with Gasteiger partial charge in [0.2, 0.25) is 5.28 Å². The van der Waals surface area contributed by atoms with Crippen LogP contribution in [-0.2, 0) is 4.74 Å². The zero-order chi connectivity index (χ0) is 19.1. The van der Waals surface area contributed by atoms with Gasteiger partial charge in [-0.1, -0.05) is 0 Å². The number of carbonyl (C=O) groups excluding carboxylic acids is 2. The summed E-state index contributed by atoms with van der Waals surface area (Å²) in [5.74, 6) is 0. The summed E-state index contributed by atoms with van der Waals surface area (Å²) in [5, 5.41) is 0.633. The van der Waals surface area contributed by atoms with Gasteiger partial charge >= 0.3 is 6.09 Å². The molecular weight excluding hydrogens is 363 g/mol. The number of fused-ring (bicyclic) bond motifs is 1. The average Bonchev–Trinajstić information content (AvgIpc) is 2.90. The van der Waals surface area contributed by atoms with Crippen molar-refractivity contribution in [1.29, 1.82) is 0 Å².